The van der Waals surface area contributed by atoms with Gasteiger partial charge < -0.3 is 9.80 Å². The Balaban J connectivity index is 1.04. The number of aromatic nitrogens is 1. The molecule has 0 N–H and O–H groups in total. The fraction of sp³-hybridized carbons (Fsp3) is 0.100. The first-order valence-corrected chi connectivity index (χ1v) is 18.5. The van der Waals surface area contributed by atoms with E-state index in [1.807, 2.05) is 18.5 Å². The maximum Gasteiger partial charge on any atom is 0.0629 e. The number of fused-ring (bicyclic) bond motifs is 6. The van der Waals surface area contributed by atoms with Crippen LogP contribution in [0.4, 0.5) is 28.4 Å². The minimum atomic E-state index is -0.0897. The topological polar surface area (TPSA) is 19.4 Å². The lowest BCUT2D eigenvalue weighted by atomic mass is 9.82. The molecule has 0 fully saturated rings. The van der Waals surface area contributed by atoms with Crippen LogP contribution in [0.3, 0.4) is 0 Å². The van der Waals surface area contributed by atoms with Crippen LogP contribution in [0.5, 0.6) is 0 Å². The molecule has 0 saturated carbocycles. The van der Waals surface area contributed by atoms with Crippen LogP contribution >= 0.6 is 0 Å². The first kappa shape index (κ1) is 31.3. The summed E-state index contributed by atoms with van der Waals surface area (Å²) in [5, 5.41) is 0. The molecule has 254 valence electrons. The minimum Gasteiger partial charge on any atom is -0.333 e. The van der Waals surface area contributed by atoms with Crippen molar-refractivity contribution in [3.05, 3.63) is 205 Å². The molecular weight excluding hydrogens is 643 g/mol. The number of allylic oxidation sites excluding steroid dienone is 2. The van der Waals surface area contributed by atoms with Crippen LogP contribution in [-0.2, 0) is 5.41 Å². The standard InChI is InChI=1S/C50H39N3/c1-50(2)46-16-8-6-14-42(46)43-28-27-41(32-47(43)50)52(40-25-20-35(21-26-40)37-11-10-30-51-33-37)39-23-18-34(19-24-39)36-22-29-49-45(31-36)44-15-7-9-17-48(44)53(49)38-12-4-3-5-13-38/h3-33,44,48H,1-2H3. The average molecular weight is 682 g/mol. The normalized spacial score (nSPS) is 17.2. The molecule has 0 radical (unpaired) electrons. The molecule has 3 aliphatic rings. The summed E-state index contributed by atoms with van der Waals surface area (Å²) in [6, 6.07) is 55.9. The van der Waals surface area contributed by atoms with Crippen LogP contribution in [0.1, 0.15) is 36.5 Å². The molecule has 0 saturated heterocycles. The fourth-order valence-corrected chi connectivity index (χ4v) is 8.83. The van der Waals surface area contributed by atoms with Crippen molar-refractivity contribution < 1.29 is 0 Å². The minimum absolute atomic E-state index is 0.0897. The van der Waals surface area contributed by atoms with Gasteiger partial charge in [-0.15, -0.1) is 0 Å². The Morgan fingerprint density at radius 1 is 0.547 bits per heavy atom. The van der Waals surface area contributed by atoms with Gasteiger partial charge in [-0.1, -0.05) is 123 Å². The lowest BCUT2D eigenvalue weighted by molar-refractivity contribution is 0.660. The number of anilines is 5. The summed E-state index contributed by atoms with van der Waals surface area (Å²) in [5.74, 6) is 0.315. The molecule has 0 spiro atoms. The molecule has 0 amide bonds. The monoisotopic (exact) mass is 681 g/mol. The zero-order valence-electron chi connectivity index (χ0n) is 29.9. The number of nitrogens with zero attached hydrogens (tertiary/aromatic N) is 3. The van der Waals surface area contributed by atoms with Gasteiger partial charge in [0.2, 0.25) is 0 Å². The Morgan fingerprint density at radius 2 is 1.21 bits per heavy atom. The zero-order chi connectivity index (χ0) is 35.5. The van der Waals surface area contributed by atoms with Crippen molar-refractivity contribution in [2.24, 2.45) is 0 Å². The SMILES string of the molecule is CC1(C)c2ccccc2-c2ccc(N(c3ccc(-c4cccnc4)cc3)c3ccc(-c4ccc5c(c4)C4C=CC=CC4N5c4ccccc4)cc3)cc21. The highest BCUT2D eigenvalue weighted by molar-refractivity contribution is 5.87. The Morgan fingerprint density at radius 3 is 1.96 bits per heavy atom. The largest absolute Gasteiger partial charge is 0.333 e. The smallest absolute Gasteiger partial charge is 0.0629 e. The van der Waals surface area contributed by atoms with Crippen molar-refractivity contribution in [2.45, 2.75) is 31.2 Å². The molecule has 6 aromatic carbocycles. The molecule has 3 heteroatoms. The van der Waals surface area contributed by atoms with E-state index in [1.165, 1.54) is 50.3 Å². The van der Waals surface area contributed by atoms with E-state index in [-0.39, 0.29) is 11.5 Å². The van der Waals surface area contributed by atoms with E-state index in [1.54, 1.807) is 0 Å². The van der Waals surface area contributed by atoms with E-state index in [0.29, 0.717) is 5.92 Å². The predicted molar refractivity (Wildman–Crippen MR) is 221 cm³/mol. The summed E-state index contributed by atoms with van der Waals surface area (Å²) in [7, 11) is 0. The zero-order valence-corrected chi connectivity index (χ0v) is 29.9. The third-order valence-corrected chi connectivity index (χ3v) is 11.5. The van der Waals surface area contributed by atoms with Crippen molar-refractivity contribution in [1.82, 2.24) is 4.98 Å². The van der Waals surface area contributed by atoms with Gasteiger partial charge in [0.15, 0.2) is 0 Å². The van der Waals surface area contributed by atoms with Crippen molar-refractivity contribution in [3.8, 4) is 33.4 Å². The fourth-order valence-electron chi connectivity index (χ4n) is 8.83. The number of benzene rings is 6. The molecule has 1 aromatic heterocycles. The van der Waals surface area contributed by atoms with E-state index in [0.717, 1.165) is 28.2 Å². The van der Waals surface area contributed by atoms with Crippen molar-refractivity contribution >= 4 is 28.4 Å². The molecular formula is C50H39N3. The summed E-state index contributed by atoms with van der Waals surface area (Å²) in [5.41, 5.74) is 17.3. The van der Waals surface area contributed by atoms with Crippen LogP contribution in [0, 0.1) is 0 Å². The summed E-state index contributed by atoms with van der Waals surface area (Å²) in [6.07, 6.45) is 12.8. The summed E-state index contributed by atoms with van der Waals surface area (Å²) >= 11 is 0. The van der Waals surface area contributed by atoms with E-state index in [4.69, 9.17) is 0 Å². The number of hydrogen-bond acceptors (Lipinski definition) is 3. The second-order valence-electron chi connectivity index (χ2n) is 14.8. The summed E-state index contributed by atoms with van der Waals surface area (Å²) < 4.78 is 0. The highest BCUT2D eigenvalue weighted by Gasteiger charge is 2.38. The Bertz CT molecular complexity index is 2530. The van der Waals surface area contributed by atoms with Gasteiger partial charge in [-0.3, -0.25) is 4.98 Å². The van der Waals surface area contributed by atoms with Gasteiger partial charge >= 0.3 is 0 Å². The molecule has 0 bridgehead atoms. The second kappa shape index (κ2) is 12.4. The van der Waals surface area contributed by atoms with Gasteiger partial charge in [-0.25, -0.2) is 0 Å². The third-order valence-electron chi connectivity index (χ3n) is 11.5. The molecule has 10 rings (SSSR count). The first-order chi connectivity index (χ1) is 26.0. The quantitative estimate of drug-likeness (QED) is 0.174. The molecule has 53 heavy (non-hydrogen) atoms. The molecule has 7 aromatic rings. The Hall–Kier alpha value is -6.45. The van der Waals surface area contributed by atoms with Crippen molar-refractivity contribution in [3.63, 3.8) is 0 Å². The summed E-state index contributed by atoms with van der Waals surface area (Å²) in [4.78, 5) is 9.22. The predicted octanol–water partition coefficient (Wildman–Crippen LogP) is 12.9. The van der Waals surface area contributed by atoms with Gasteiger partial charge in [0.05, 0.1) is 6.04 Å². The molecule has 2 aliphatic carbocycles. The van der Waals surface area contributed by atoms with E-state index in [2.05, 4.69) is 199 Å². The average Bonchev–Trinajstić information content (AvgIpc) is 3.67. The molecule has 2 atom stereocenters. The maximum absolute atomic E-state index is 4.35. The molecule has 2 unspecified atom stereocenters. The first-order valence-electron chi connectivity index (χ1n) is 18.5. The van der Waals surface area contributed by atoms with Gasteiger partial charge in [-0.2, -0.15) is 0 Å². The van der Waals surface area contributed by atoms with Gasteiger partial charge in [0.1, 0.15) is 0 Å². The van der Waals surface area contributed by atoms with Gasteiger partial charge in [-0.05, 0) is 117 Å². The van der Waals surface area contributed by atoms with E-state index < -0.39 is 0 Å². The lowest BCUT2D eigenvalue weighted by Gasteiger charge is -2.28. The highest BCUT2D eigenvalue weighted by atomic mass is 15.2. The Labute approximate surface area is 311 Å². The van der Waals surface area contributed by atoms with Gasteiger partial charge in [0.25, 0.3) is 0 Å². The highest BCUT2D eigenvalue weighted by Crippen LogP contribution is 2.51. The van der Waals surface area contributed by atoms with Crippen LogP contribution < -0.4 is 9.80 Å². The van der Waals surface area contributed by atoms with Crippen LogP contribution in [0.25, 0.3) is 33.4 Å². The van der Waals surface area contributed by atoms with Crippen molar-refractivity contribution in [1.29, 1.82) is 0 Å². The maximum atomic E-state index is 4.35. The lowest BCUT2D eigenvalue weighted by Crippen LogP contribution is -2.28. The van der Waals surface area contributed by atoms with E-state index >= 15 is 0 Å². The van der Waals surface area contributed by atoms with Gasteiger partial charge in [0, 0.05) is 52.2 Å². The number of pyridine rings is 1. The van der Waals surface area contributed by atoms with Crippen LogP contribution in [0.15, 0.2) is 188 Å². The third kappa shape index (κ3) is 5.15. The van der Waals surface area contributed by atoms with Crippen LogP contribution in [0.2, 0.25) is 0 Å². The second-order valence-corrected chi connectivity index (χ2v) is 14.8. The van der Waals surface area contributed by atoms with E-state index in [9.17, 15) is 0 Å². The molecule has 1 aliphatic heterocycles. The molecule has 2 heterocycles. The Kier molecular flexibility index (Phi) is 7.29. The van der Waals surface area contributed by atoms with Crippen molar-refractivity contribution in [2.75, 3.05) is 9.80 Å². The van der Waals surface area contributed by atoms with Crippen LogP contribution in [-0.4, -0.2) is 11.0 Å². The number of para-hydroxylation sites is 1. The summed E-state index contributed by atoms with van der Waals surface area (Å²) in [6.45, 7) is 4.70. The molecule has 3 nitrogen and oxygen atoms in total. The number of hydrogen-bond donors (Lipinski definition) is 0. The number of rotatable bonds is 6.